The number of hydrogen-bond acceptors (Lipinski definition) is 2. The Hall–Kier alpha value is -0.580. The molecule has 0 spiro atoms. The maximum Gasteiger partial charge on any atom is 0.314 e. The normalized spacial score (nSPS) is 14.5. The molecule has 0 aromatic rings. The van der Waals surface area contributed by atoms with E-state index in [-0.39, 0.29) is 11.3 Å². The molecule has 5 heteroatoms. The summed E-state index contributed by atoms with van der Waals surface area (Å²) < 4.78 is 11.0. The molecule has 0 heterocycles. The van der Waals surface area contributed by atoms with E-state index < -0.39 is 10.8 Å². The fraction of sp³-hybridized carbons (Fsp3) is 0.889. The van der Waals surface area contributed by atoms with Crippen molar-refractivity contribution in [1.29, 1.82) is 0 Å². The summed E-state index contributed by atoms with van der Waals surface area (Å²) in [6.07, 6.45) is 3.37. The van der Waals surface area contributed by atoms with Crippen molar-refractivity contribution in [1.82, 2.24) is 10.6 Å². The molecular weight excluding hydrogens is 200 g/mol. The van der Waals surface area contributed by atoms with Crippen LogP contribution in [0.3, 0.4) is 0 Å². The van der Waals surface area contributed by atoms with Gasteiger partial charge in [-0.2, -0.15) is 0 Å². The van der Waals surface area contributed by atoms with E-state index in [4.69, 9.17) is 0 Å². The zero-order valence-corrected chi connectivity index (χ0v) is 9.95. The van der Waals surface area contributed by atoms with E-state index in [0.29, 0.717) is 13.1 Å². The number of nitrogens with one attached hydrogen (secondary N) is 2. The molecule has 0 aromatic carbocycles. The summed E-state index contributed by atoms with van der Waals surface area (Å²) in [4.78, 5) is 11.1. The lowest BCUT2D eigenvalue weighted by atomic mass is 10.3. The topological polar surface area (TPSA) is 58.2 Å². The Morgan fingerprint density at radius 3 is 2.43 bits per heavy atom. The van der Waals surface area contributed by atoms with Gasteiger partial charge in [0, 0.05) is 35.4 Å². The van der Waals surface area contributed by atoms with Crippen LogP contribution in [-0.2, 0) is 10.8 Å². The molecule has 0 aliphatic heterocycles. The number of carbonyl (C=O) groups is 1. The summed E-state index contributed by atoms with van der Waals surface area (Å²) in [7, 11) is -0.802. The van der Waals surface area contributed by atoms with Crippen LogP contribution >= 0.6 is 0 Å². The maximum atomic E-state index is 11.1. The molecule has 4 nitrogen and oxygen atoms in total. The third kappa shape index (κ3) is 6.88. The lowest BCUT2D eigenvalue weighted by molar-refractivity contribution is 0.241. The highest BCUT2D eigenvalue weighted by Gasteiger charge is 2.06. The second-order valence-electron chi connectivity index (χ2n) is 3.28. The minimum Gasteiger partial charge on any atom is -0.338 e. The molecule has 0 fully saturated rings. The quantitative estimate of drug-likeness (QED) is 0.697. The van der Waals surface area contributed by atoms with E-state index in [0.717, 1.165) is 12.8 Å². The molecule has 84 valence electrons. The summed E-state index contributed by atoms with van der Waals surface area (Å²) in [5.74, 6) is 0. The SMILES string of the molecule is CCCNC(=O)NCCC(C)S(C)=O. The lowest BCUT2D eigenvalue weighted by Gasteiger charge is -2.09. The number of rotatable bonds is 6. The lowest BCUT2D eigenvalue weighted by Crippen LogP contribution is -2.37. The Labute approximate surface area is 88.3 Å². The molecule has 0 aliphatic carbocycles. The highest BCUT2D eigenvalue weighted by molar-refractivity contribution is 7.84. The van der Waals surface area contributed by atoms with Gasteiger partial charge in [-0.05, 0) is 12.8 Å². The van der Waals surface area contributed by atoms with Crippen LogP contribution in [0.5, 0.6) is 0 Å². The van der Waals surface area contributed by atoms with Crippen LogP contribution in [0.25, 0.3) is 0 Å². The minimum absolute atomic E-state index is 0.138. The van der Waals surface area contributed by atoms with Crippen LogP contribution in [-0.4, -0.2) is 34.8 Å². The predicted molar refractivity (Wildman–Crippen MR) is 59.8 cm³/mol. The molecule has 0 radical (unpaired) electrons. The van der Waals surface area contributed by atoms with Gasteiger partial charge in [-0.1, -0.05) is 13.8 Å². The first-order valence-electron chi connectivity index (χ1n) is 4.91. The number of carbonyl (C=O) groups excluding carboxylic acids is 1. The molecule has 0 aromatic heterocycles. The first-order valence-corrected chi connectivity index (χ1v) is 6.54. The van der Waals surface area contributed by atoms with Crippen molar-refractivity contribution in [2.24, 2.45) is 0 Å². The van der Waals surface area contributed by atoms with E-state index in [9.17, 15) is 9.00 Å². The van der Waals surface area contributed by atoms with Crippen LogP contribution in [0.2, 0.25) is 0 Å². The average Bonchev–Trinajstić information content (AvgIpc) is 2.14. The summed E-state index contributed by atoms with van der Waals surface area (Å²) in [5.41, 5.74) is 0. The summed E-state index contributed by atoms with van der Waals surface area (Å²) in [5, 5.41) is 5.57. The Bertz CT molecular complexity index is 197. The molecule has 14 heavy (non-hydrogen) atoms. The third-order valence-electron chi connectivity index (χ3n) is 1.94. The maximum absolute atomic E-state index is 11.1. The molecule has 0 bridgehead atoms. The molecule has 2 unspecified atom stereocenters. The fourth-order valence-corrected chi connectivity index (χ4v) is 1.31. The van der Waals surface area contributed by atoms with E-state index in [2.05, 4.69) is 10.6 Å². The predicted octanol–water partition coefficient (Wildman–Crippen LogP) is 0.853. The first kappa shape index (κ1) is 13.4. The largest absolute Gasteiger partial charge is 0.338 e. The van der Waals surface area contributed by atoms with Gasteiger partial charge in [-0.25, -0.2) is 4.79 Å². The zero-order valence-electron chi connectivity index (χ0n) is 9.13. The van der Waals surface area contributed by atoms with E-state index in [1.807, 2.05) is 13.8 Å². The Balaban J connectivity index is 3.44. The molecule has 0 saturated carbocycles. The summed E-state index contributed by atoms with van der Waals surface area (Å²) in [6.45, 7) is 5.20. The fourth-order valence-electron chi connectivity index (χ4n) is 0.856. The van der Waals surface area contributed by atoms with Crippen LogP contribution in [0.1, 0.15) is 26.7 Å². The van der Waals surface area contributed by atoms with Gasteiger partial charge in [-0.15, -0.1) is 0 Å². The van der Waals surface area contributed by atoms with Gasteiger partial charge in [0.05, 0.1) is 0 Å². The van der Waals surface area contributed by atoms with Gasteiger partial charge in [0.1, 0.15) is 0 Å². The molecular formula is C9H20N2O2S. The van der Waals surface area contributed by atoms with Crippen LogP contribution < -0.4 is 10.6 Å². The second kappa shape index (κ2) is 7.79. The van der Waals surface area contributed by atoms with Crippen molar-refractivity contribution in [3.05, 3.63) is 0 Å². The minimum atomic E-state index is -0.802. The first-order chi connectivity index (χ1) is 6.57. The Kier molecular flexibility index (Phi) is 7.47. The summed E-state index contributed by atoms with van der Waals surface area (Å²) in [6, 6.07) is -0.138. The van der Waals surface area contributed by atoms with Gasteiger partial charge in [0.15, 0.2) is 0 Å². The van der Waals surface area contributed by atoms with Gasteiger partial charge in [0.25, 0.3) is 0 Å². The highest BCUT2D eigenvalue weighted by atomic mass is 32.2. The highest BCUT2D eigenvalue weighted by Crippen LogP contribution is 1.96. The number of urea groups is 1. The Morgan fingerprint density at radius 2 is 1.93 bits per heavy atom. The second-order valence-corrected chi connectivity index (χ2v) is 5.08. The number of hydrogen-bond donors (Lipinski definition) is 2. The van der Waals surface area contributed by atoms with E-state index in [1.54, 1.807) is 6.26 Å². The van der Waals surface area contributed by atoms with E-state index in [1.165, 1.54) is 0 Å². The van der Waals surface area contributed by atoms with Gasteiger partial charge >= 0.3 is 6.03 Å². The zero-order chi connectivity index (χ0) is 11.0. The van der Waals surface area contributed by atoms with Crippen molar-refractivity contribution in [3.8, 4) is 0 Å². The molecule has 2 atom stereocenters. The van der Waals surface area contributed by atoms with Crippen molar-refractivity contribution in [2.75, 3.05) is 19.3 Å². The van der Waals surface area contributed by atoms with Crippen molar-refractivity contribution < 1.29 is 9.00 Å². The number of amides is 2. The summed E-state index contributed by atoms with van der Waals surface area (Å²) >= 11 is 0. The van der Waals surface area contributed by atoms with Crippen molar-refractivity contribution in [2.45, 2.75) is 31.9 Å². The van der Waals surface area contributed by atoms with Gasteiger partial charge in [0.2, 0.25) is 0 Å². The van der Waals surface area contributed by atoms with E-state index >= 15 is 0 Å². The monoisotopic (exact) mass is 220 g/mol. The molecule has 2 N–H and O–H groups in total. The average molecular weight is 220 g/mol. The van der Waals surface area contributed by atoms with Gasteiger partial charge in [-0.3, -0.25) is 4.21 Å². The molecule has 0 saturated heterocycles. The van der Waals surface area contributed by atoms with Crippen LogP contribution in [0.15, 0.2) is 0 Å². The standard InChI is InChI=1S/C9H20N2O2S/c1-4-6-10-9(12)11-7-5-8(2)14(3)13/h8H,4-7H2,1-3H3,(H2,10,11,12). The molecule has 2 amide bonds. The smallest absolute Gasteiger partial charge is 0.314 e. The van der Waals surface area contributed by atoms with Crippen LogP contribution in [0.4, 0.5) is 4.79 Å². The van der Waals surface area contributed by atoms with Crippen molar-refractivity contribution in [3.63, 3.8) is 0 Å². The molecule has 0 rings (SSSR count). The molecule has 0 aliphatic rings. The van der Waals surface area contributed by atoms with Crippen LogP contribution in [0, 0.1) is 0 Å². The van der Waals surface area contributed by atoms with Crippen molar-refractivity contribution >= 4 is 16.8 Å². The Morgan fingerprint density at radius 1 is 1.36 bits per heavy atom. The third-order valence-corrected chi connectivity index (χ3v) is 3.31. The van der Waals surface area contributed by atoms with Gasteiger partial charge < -0.3 is 10.6 Å².